The van der Waals surface area contributed by atoms with Crippen LogP contribution in [0.5, 0.6) is 0 Å². The Kier molecular flexibility index (Phi) is 1.75. The van der Waals surface area contributed by atoms with E-state index in [1.807, 2.05) is 30.5 Å². The van der Waals surface area contributed by atoms with Crippen molar-refractivity contribution in [2.45, 2.75) is 0 Å². The third-order valence-electron chi connectivity index (χ3n) is 2.38. The number of nitrogens with zero attached hydrogens (tertiary/aromatic N) is 3. The predicted molar refractivity (Wildman–Crippen MR) is 58.4 cm³/mol. The summed E-state index contributed by atoms with van der Waals surface area (Å²) in [7, 11) is 0. The van der Waals surface area contributed by atoms with Crippen LogP contribution in [0, 0.1) is 0 Å². The first kappa shape index (κ1) is 8.17. The van der Waals surface area contributed by atoms with Gasteiger partial charge in [-0.15, -0.1) is 0 Å². The van der Waals surface area contributed by atoms with E-state index < -0.39 is 0 Å². The van der Waals surface area contributed by atoms with Crippen LogP contribution in [0.3, 0.4) is 0 Å². The first-order chi connectivity index (χ1) is 7.45. The van der Waals surface area contributed by atoms with E-state index in [2.05, 4.69) is 22.2 Å². The minimum atomic E-state index is 0.892. The van der Waals surface area contributed by atoms with Crippen LogP contribution in [0.15, 0.2) is 55.0 Å². The molecular weight excluding hydrogens is 186 g/mol. The minimum Gasteiger partial charge on any atom is -0.235 e. The van der Waals surface area contributed by atoms with Gasteiger partial charge in [0.25, 0.3) is 0 Å². The van der Waals surface area contributed by atoms with Crippen LogP contribution in [0.2, 0.25) is 0 Å². The van der Waals surface area contributed by atoms with Gasteiger partial charge in [-0.05, 0) is 11.6 Å². The van der Waals surface area contributed by atoms with Gasteiger partial charge < -0.3 is 0 Å². The normalized spacial score (nSPS) is 10.7. The highest BCUT2D eigenvalue weighted by molar-refractivity contribution is 5.76. The Morgan fingerprint density at radius 2 is 1.80 bits per heavy atom. The van der Waals surface area contributed by atoms with Crippen molar-refractivity contribution in [2.24, 2.45) is 0 Å². The quantitative estimate of drug-likeness (QED) is 0.596. The first-order valence-electron chi connectivity index (χ1n) is 4.79. The Bertz CT molecular complexity index is 584. The Morgan fingerprint density at radius 1 is 0.933 bits per heavy atom. The fraction of sp³-hybridized carbons (Fsp3) is 0. The van der Waals surface area contributed by atoms with Crippen LogP contribution in [0.25, 0.3) is 16.8 Å². The zero-order valence-electron chi connectivity index (χ0n) is 8.04. The van der Waals surface area contributed by atoms with Crippen molar-refractivity contribution in [1.29, 1.82) is 0 Å². The molecule has 1 aromatic carbocycles. The molecule has 3 nitrogen and oxygen atoms in total. The fourth-order valence-electron chi connectivity index (χ4n) is 1.68. The number of hydrogen-bond acceptors (Lipinski definition) is 2. The lowest BCUT2D eigenvalue weighted by molar-refractivity contribution is 0.937. The molecule has 0 aliphatic rings. The average Bonchev–Trinajstić information content (AvgIpc) is 2.78. The van der Waals surface area contributed by atoms with Crippen molar-refractivity contribution >= 4 is 5.65 Å². The molecule has 0 radical (unpaired) electrons. The summed E-state index contributed by atoms with van der Waals surface area (Å²) >= 11 is 0. The number of aromatic nitrogens is 3. The van der Waals surface area contributed by atoms with Gasteiger partial charge in [-0.3, -0.25) is 0 Å². The molecule has 0 atom stereocenters. The predicted octanol–water partition coefficient (Wildman–Crippen LogP) is 2.40. The van der Waals surface area contributed by atoms with Crippen molar-refractivity contribution in [2.75, 3.05) is 0 Å². The number of rotatable bonds is 1. The molecule has 15 heavy (non-hydrogen) atoms. The highest BCUT2D eigenvalue weighted by Gasteiger charge is 2.03. The summed E-state index contributed by atoms with van der Waals surface area (Å²) in [6.45, 7) is 0. The Morgan fingerprint density at radius 3 is 2.67 bits per heavy atom. The topological polar surface area (TPSA) is 30.2 Å². The van der Waals surface area contributed by atoms with Crippen molar-refractivity contribution in [1.82, 2.24) is 14.6 Å². The molecule has 0 saturated heterocycles. The molecule has 0 saturated carbocycles. The molecule has 3 heteroatoms. The van der Waals surface area contributed by atoms with E-state index in [4.69, 9.17) is 0 Å². The number of imidazole rings is 1. The molecule has 0 aliphatic heterocycles. The van der Waals surface area contributed by atoms with E-state index in [1.165, 1.54) is 0 Å². The summed E-state index contributed by atoms with van der Waals surface area (Å²) in [6, 6.07) is 12.2. The van der Waals surface area contributed by atoms with Crippen molar-refractivity contribution in [3.05, 3.63) is 55.0 Å². The zero-order valence-corrected chi connectivity index (χ0v) is 8.04. The van der Waals surface area contributed by atoms with Crippen LogP contribution in [0.1, 0.15) is 0 Å². The Balaban J connectivity index is 2.31. The number of benzene rings is 1. The second-order valence-corrected chi connectivity index (χ2v) is 3.31. The molecule has 0 bridgehead atoms. The number of fused-ring (bicyclic) bond motifs is 1. The van der Waals surface area contributed by atoms with Gasteiger partial charge in [0.05, 0.1) is 0 Å². The molecule has 0 N–H and O–H groups in total. The molecule has 2 aromatic heterocycles. The standard InChI is InChI=1S/C12H9N3/c1-2-4-10(5-3-1)11-6-7-14-15-9-8-13-12(11)15/h1-9H. The van der Waals surface area contributed by atoms with Crippen LogP contribution < -0.4 is 0 Å². The summed E-state index contributed by atoms with van der Waals surface area (Å²) < 4.78 is 1.78. The first-order valence-corrected chi connectivity index (χ1v) is 4.79. The molecule has 2 heterocycles. The third-order valence-corrected chi connectivity index (χ3v) is 2.38. The van der Waals surface area contributed by atoms with Gasteiger partial charge in [0.1, 0.15) is 0 Å². The molecule has 0 fully saturated rings. The molecular formula is C12H9N3. The minimum absolute atomic E-state index is 0.892. The third kappa shape index (κ3) is 1.29. The second kappa shape index (κ2) is 3.20. The summed E-state index contributed by atoms with van der Waals surface area (Å²) in [4.78, 5) is 4.30. The maximum absolute atomic E-state index is 4.30. The SMILES string of the molecule is c1ccc(-c2ccnn3ccnc23)cc1. The van der Waals surface area contributed by atoms with Crippen LogP contribution in [-0.4, -0.2) is 14.6 Å². The van der Waals surface area contributed by atoms with E-state index in [0.29, 0.717) is 0 Å². The molecule has 0 spiro atoms. The molecule has 72 valence electrons. The average molecular weight is 195 g/mol. The van der Waals surface area contributed by atoms with Gasteiger partial charge in [0.2, 0.25) is 0 Å². The maximum Gasteiger partial charge on any atom is 0.161 e. The lowest BCUT2D eigenvalue weighted by atomic mass is 10.1. The van der Waals surface area contributed by atoms with Gasteiger partial charge in [0, 0.05) is 24.2 Å². The van der Waals surface area contributed by atoms with Crippen molar-refractivity contribution in [3.63, 3.8) is 0 Å². The van der Waals surface area contributed by atoms with Crippen molar-refractivity contribution < 1.29 is 0 Å². The maximum atomic E-state index is 4.30. The molecule has 3 aromatic rings. The lowest BCUT2D eigenvalue weighted by Gasteiger charge is -2.02. The summed E-state index contributed by atoms with van der Waals surface area (Å²) in [6.07, 6.45) is 5.40. The second-order valence-electron chi connectivity index (χ2n) is 3.31. The summed E-state index contributed by atoms with van der Waals surface area (Å²) in [5, 5.41) is 4.18. The smallest absolute Gasteiger partial charge is 0.161 e. The highest BCUT2D eigenvalue weighted by atomic mass is 15.2. The molecule has 3 rings (SSSR count). The van der Waals surface area contributed by atoms with Crippen LogP contribution in [0.4, 0.5) is 0 Å². The fourth-order valence-corrected chi connectivity index (χ4v) is 1.68. The molecule has 0 aliphatic carbocycles. The van der Waals surface area contributed by atoms with E-state index in [-0.39, 0.29) is 0 Å². The van der Waals surface area contributed by atoms with Gasteiger partial charge in [-0.2, -0.15) is 5.10 Å². The Hall–Kier alpha value is -2.16. The largest absolute Gasteiger partial charge is 0.235 e. The highest BCUT2D eigenvalue weighted by Crippen LogP contribution is 2.21. The van der Waals surface area contributed by atoms with Gasteiger partial charge in [-0.1, -0.05) is 30.3 Å². The summed E-state index contributed by atoms with van der Waals surface area (Å²) in [5.74, 6) is 0. The van der Waals surface area contributed by atoms with Crippen LogP contribution >= 0.6 is 0 Å². The van der Waals surface area contributed by atoms with Gasteiger partial charge in [-0.25, -0.2) is 9.50 Å². The van der Waals surface area contributed by atoms with E-state index in [1.54, 1.807) is 16.9 Å². The monoisotopic (exact) mass is 195 g/mol. The van der Waals surface area contributed by atoms with Gasteiger partial charge >= 0.3 is 0 Å². The summed E-state index contributed by atoms with van der Waals surface area (Å²) in [5.41, 5.74) is 3.16. The lowest BCUT2D eigenvalue weighted by Crippen LogP contribution is -1.91. The number of hydrogen-bond donors (Lipinski definition) is 0. The van der Waals surface area contributed by atoms with Crippen LogP contribution in [-0.2, 0) is 0 Å². The molecule has 0 unspecified atom stereocenters. The Labute approximate surface area is 87.0 Å². The van der Waals surface area contributed by atoms with E-state index in [9.17, 15) is 0 Å². The van der Waals surface area contributed by atoms with E-state index in [0.717, 1.165) is 16.8 Å². The van der Waals surface area contributed by atoms with E-state index >= 15 is 0 Å². The zero-order chi connectivity index (χ0) is 10.1. The van der Waals surface area contributed by atoms with Gasteiger partial charge in [0.15, 0.2) is 5.65 Å². The van der Waals surface area contributed by atoms with Crippen molar-refractivity contribution in [3.8, 4) is 11.1 Å². The molecule has 0 amide bonds.